The Morgan fingerprint density at radius 2 is 1.88 bits per heavy atom. The van der Waals surface area contributed by atoms with Crippen molar-refractivity contribution in [3.05, 3.63) is 0 Å². The number of hydrogen-bond donors (Lipinski definition) is 0. The van der Waals surface area contributed by atoms with Crippen LogP contribution in [-0.2, 0) is 22.1 Å². The normalized spacial score (nSPS) is 20.6. The summed E-state index contributed by atoms with van der Waals surface area (Å²) >= 11 is 4.66. The fraction of sp³-hybridized carbons (Fsp3) is 1.00. The first-order chi connectivity index (χ1) is 3.43. The molecule has 0 aliphatic carbocycles. The van der Waals surface area contributed by atoms with E-state index in [0.29, 0.717) is 19.0 Å². The standard InChI is InChI=1S/C4H8O2S.Na/c7-3-4-5-1-2-6-4;/h4,7H,1-3H2;/q;+1/p-1. The van der Waals surface area contributed by atoms with E-state index in [1.165, 1.54) is 0 Å². The van der Waals surface area contributed by atoms with Crippen molar-refractivity contribution in [3.63, 3.8) is 0 Å². The van der Waals surface area contributed by atoms with Gasteiger partial charge in [-0.2, -0.15) is 0 Å². The van der Waals surface area contributed by atoms with Gasteiger partial charge in [-0.3, -0.25) is 0 Å². The molecule has 0 aromatic heterocycles. The SMILES string of the molecule is [Na+].[S-]CC1OCCO1. The summed E-state index contributed by atoms with van der Waals surface area (Å²) in [6, 6.07) is 0. The van der Waals surface area contributed by atoms with Gasteiger partial charge in [-0.25, -0.2) is 0 Å². The van der Waals surface area contributed by atoms with Crippen molar-refractivity contribution in [2.75, 3.05) is 19.0 Å². The monoisotopic (exact) mass is 142 g/mol. The third-order valence-corrected chi connectivity index (χ3v) is 1.10. The van der Waals surface area contributed by atoms with Gasteiger partial charge < -0.3 is 22.1 Å². The molecule has 1 aliphatic rings. The molecule has 0 radical (unpaired) electrons. The molecule has 1 aliphatic heterocycles. The average molecular weight is 142 g/mol. The van der Waals surface area contributed by atoms with Crippen LogP contribution in [0.3, 0.4) is 0 Å². The van der Waals surface area contributed by atoms with Crippen molar-refractivity contribution in [3.8, 4) is 0 Å². The van der Waals surface area contributed by atoms with Crippen molar-refractivity contribution < 1.29 is 39.0 Å². The predicted octanol–water partition coefficient (Wildman–Crippen LogP) is -3.09. The van der Waals surface area contributed by atoms with Gasteiger partial charge in [0.1, 0.15) is 6.29 Å². The second kappa shape index (κ2) is 5.09. The summed E-state index contributed by atoms with van der Waals surface area (Å²) < 4.78 is 9.95. The molecular formula is C4H7NaO2S. The molecule has 0 saturated carbocycles. The molecular weight excluding hydrogens is 135 g/mol. The molecule has 1 saturated heterocycles. The van der Waals surface area contributed by atoms with Crippen LogP contribution < -0.4 is 29.6 Å². The molecule has 1 rings (SSSR count). The van der Waals surface area contributed by atoms with Gasteiger partial charge in [-0.15, -0.1) is 5.75 Å². The molecule has 0 N–H and O–H groups in total. The van der Waals surface area contributed by atoms with Crippen molar-refractivity contribution in [2.45, 2.75) is 6.29 Å². The maximum atomic E-state index is 4.98. The van der Waals surface area contributed by atoms with Crippen LogP contribution >= 0.6 is 0 Å². The Morgan fingerprint density at radius 1 is 1.38 bits per heavy atom. The van der Waals surface area contributed by atoms with Crippen LogP contribution in [0.1, 0.15) is 0 Å². The zero-order chi connectivity index (χ0) is 5.11. The summed E-state index contributed by atoms with van der Waals surface area (Å²) in [6.07, 6.45) is -0.0880. The first-order valence-electron chi connectivity index (χ1n) is 2.25. The van der Waals surface area contributed by atoms with E-state index in [2.05, 4.69) is 12.6 Å². The van der Waals surface area contributed by atoms with Gasteiger partial charge in [0, 0.05) is 0 Å². The average Bonchev–Trinajstić information content (AvgIpc) is 2.14. The minimum absolute atomic E-state index is 0. The molecule has 0 amide bonds. The van der Waals surface area contributed by atoms with Crippen LogP contribution in [0.5, 0.6) is 0 Å². The Kier molecular flexibility index (Phi) is 5.89. The minimum atomic E-state index is -0.0880. The molecule has 4 heteroatoms. The van der Waals surface area contributed by atoms with Crippen LogP contribution in [0.2, 0.25) is 0 Å². The minimum Gasteiger partial charge on any atom is -0.788 e. The second-order valence-electron chi connectivity index (χ2n) is 1.34. The zero-order valence-corrected chi connectivity index (χ0v) is 7.74. The largest absolute Gasteiger partial charge is 1.00 e. The zero-order valence-electron chi connectivity index (χ0n) is 4.92. The quantitative estimate of drug-likeness (QED) is 0.285. The van der Waals surface area contributed by atoms with Crippen LogP contribution in [-0.4, -0.2) is 25.3 Å². The van der Waals surface area contributed by atoms with Gasteiger partial charge in [0.2, 0.25) is 0 Å². The van der Waals surface area contributed by atoms with E-state index in [1.807, 2.05) is 0 Å². The second-order valence-corrected chi connectivity index (χ2v) is 1.67. The van der Waals surface area contributed by atoms with Crippen molar-refractivity contribution >= 4 is 12.6 Å². The van der Waals surface area contributed by atoms with Crippen LogP contribution in [0.25, 0.3) is 0 Å². The van der Waals surface area contributed by atoms with Crippen molar-refractivity contribution in [2.24, 2.45) is 0 Å². The molecule has 0 aromatic carbocycles. The Labute approximate surface area is 76.6 Å². The van der Waals surface area contributed by atoms with E-state index < -0.39 is 0 Å². The van der Waals surface area contributed by atoms with Gasteiger partial charge in [0.15, 0.2) is 0 Å². The van der Waals surface area contributed by atoms with Gasteiger partial charge >= 0.3 is 29.6 Å². The summed E-state index contributed by atoms with van der Waals surface area (Å²) in [4.78, 5) is 0. The summed E-state index contributed by atoms with van der Waals surface area (Å²) in [5.41, 5.74) is 0. The molecule has 8 heavy (non-hydrogen) atoms. The third-order valence-electron chi connectivity index (χ3n) is 0.827. The van der Waals surface area contributed by atoms with Crippen LogP contribution in [0.4, 0.5) is 0 Å². The fourth-order valence-electron chi connectivity index (χ4n) is 0.503. The third kappa shape index (κ3) is 2.71. The first-order valence-corrected chi connectivity index (χ1v) is 2.82. The van der Waals surface area contributed by atoms with E-state index in [-0.39, 0.29) is 35.8 Å². The van der Waals surface area contributed by atoms with Gasteiger partial charge in [-0.05, 0) is 0 Å². The molecule has 42 valence electrons. The molecule has 0 unspecified atom stereocenters. The maximum absolute atomic E-state index is 4.98. The van der Waals surface area contributed by atoms with E-state index in [4.69, 9.17) is 9.47 Å². The van der Waals surface area contributed by atoms with Gasteiger partial charge in [-0.1, -0.05) is 0 Å². The first kappa shape index (κ1) is 9.27. The van der Waals surface area contributed by atoms with Gasteiger partial charge in [0.05, 0.1) is 13.2 Å². The Morgan fingerprint density at radius 3 is 2.12 bits per heavy atom. The van der Waals surface area contributed by atoms with E-state index in [9.17, 15) is 0 Å². The molecule has 0 atom stereocenters. The number of ether oxygens (including phenoxy) is 2. The summed E-state index contributed by atoms with van der Waals surface area (Å²) in [5, 5.41) is 0. The Bertz CT molecular complexity index is 56.0. The van der Waals surface area contributed by atoms with Crippen LogP contribution in [0, 0.1) is 0 Å². The smallest absolute Gasteiger partial charge is 0.788 e. The van der Waals surface area contributed by atoms with E-state index >= 15 is 0 Å². The topological polar surface area (TPSA) is 18.5 Å². The van der Waals surface area contributed by atoms with Crippen molar-refractivity contribution in [1.29, 1.82) is 0 Å². The molecule has 0 spiro atoms. The van der Waals surface area contributed by atoms with E-state index in [0.717, 1.165) is 0 Å². The number of hydrogen-bond acceptors (Lipinski definition) is 3. The molecule has 1 fully saturated rings. The summed E-state index contributed by atoms with van der Waals surface area (Å²) in [5.74, 6) is 0.556. The Balaban J connectivity index is 0.000000490. The molecule has 0 bridgehead atoms. The molecule has 2 nitrogen and oxygen atoms in total. The molecule has 0 aromatic rings. The number of rotatable bonds is 1. The summed E-state index contributed by atoms with van der Waals surface area (Å²) in [6.45, 7) is 1.42. The van der Waals surface area contributed by atoms with E-state index in [1.54, 1.807) is 0 Å². The Hall–Kier alpha value is 1.27. The summed E-state index contributed by atoms with van der Waals surface area (Å²) in [7, 11) is 0. The predicted molar refractivity (Wildman–Crippen MR) is 27.9 cm³/mol. The maximum Gasteiger partial charge on any atom is 1.00 e. The molecule has 1 heterocycles. The van der Waals surface area contributed by atoms with Gasteiger partial charge in [0.25, 0.3) is 0 Å². The fourth-order valence-corrected chi connectivity index (χ4v) is 0.696. The van der Waals surface area contributed by atoms with Crippen LogP contribution in [0.15, 0.2) is 0 Å². The van der Waals surface area contributed by atoms with Crippen molar-refractivity contribution in [1.82, 2.24) is 0 Å².